The minimum Gasteiger partial charge on any atom is -0.442 e. The van der Waals surface area contributed by atoms with Gasteiger partial charge in [-0.3, -0.25) is 14.9 Å². The van der Waals surface area contributed by atoms with Crippen molar-refractivity contribution < 1.29 is 19.2 Å². The quantitative estimate of drug-likeness (QED) is 0.373. The molecular weight excluding hydrogens is 362 g/mol. The van der Waals surface area contributed by atoms with Crippen LogP contribution in [0.3, 0.4) is 0 Å². The van der Waals surface area contributed by atoms with Gasteiger partial charge in [-0.1, -0.05) is 6.07 Å². The fourth-order valence-electron chi connectivity index (χ4n) is 2.77. The number of fused-ring (bicyclic) bond motifs is 1. The molecule has 2 aromatic carbocycles. The van der Waals surface area contributed by atoms with Gasteiger partial charge in [0.15, 0.2) is 5.78 Å². The lowest BCUT2D eigenvalue weighted by atomic mass is 10.0. The van der Waals surface area contributed by atoms with E-state index in [9.17, 15) is 19.7 Å². The van der Waals surface area contributed by atoms with Crippen LogP contribution >= 0.6 is 0 Å². The highest BCUT2D eigenvalue weighted by molar-refractivity contribution is 6.07. The Balaban J connectivity index is 2.13. The van der Waals surface area contributed by atoms with Crippen LogP contribution in [-0.2, 0) is 4.74 Å². The number of hydrogen-bond donors (Lipinski definition) is 0. The van der Waals surface area contributed by atoms with E-state index in [-0.39, 0.29) is 17.2 Å². The monoisotopic (exact) mass is 381 g/mol. The molecule has 0 aliphatic rings. The third-order valence-corrected chi connectivity index (χ3v) is 3.99. The summed E-state index contributed by atoms with van der Waals surface area (Å²) in [7, 11) is 0. The van der Waals surface area contributed by atoms with E-state index in [1.807, 2.05) is 0 Å². The van der Waals surface area contributed by atoms with Gasteiger partial charge in [-0.25, -0.2) is 4.79 Å². The molecule has 0 radical (unpaired) electrons. The van der Waals surface area contributed by atoms with Gasteiger partial charge in [0.1, 0.15) is 11.3 Å². The predicted octanol–water partition coefficient (Wildman–Crippen LogP) is 4.60. The number of carbonyl (C=O) groups is 2. The van der Waals surface area contributed by atoms with Gasteiger partial charge in [-0.05, 0) is 56.2 Å². The number of aromatic nitrogens is 2. The van der Waals surface area contributed by atoms with Crippen molar-refractivity contribution in [3.63, 3.8) is 0 Å². The van der Waals surface area contributed by atoms with Crippen molar-refractivity contribution in [3.05, 3.63) is 58.3 Å². The molecule has 144 valence electrons. The van der Waals surface area contributed by atoms with E-state index >= 15 is 0 Å². The minimum absolute atomic E-state index is 0.0116. The Morgan fingerprint density at radius 1 is 1.07 bits per heavy atom. The molecule has 3 aromatic rings. The van der Waals surface area contributed by atoms with Crippen LogP contribution in [-0.4, -0.2) is 32.2 Å². The maximum atomic E-state index is 12.6. The molecule has 0 atom stereocenters. The smallest absolute Gasteiger partial charge is 0.435 e. The highest BCUT2D eigenvalue weighted by Gasteiger charge is 2.23. The van der Waals surface area contributed by atoms with Crippen LogP contribution in [0.2, 0.25) is 0 Å². The fourth-order valence-corrected chi connectivity index (χ4v) is 2.77. The Bertz CT molecular complexity index is 1090. The summed E-state index contributed by atoms with van der Waals surface area (Å²) in [5.41, 5.74) is 1.33. The number of hydrogen-bond acceptors (Lipinski definition) is 6. The Hall–Kier alpha value is -3.55. The first-order valence-corrected chi connectivity index (χ1v) is 8.59. The van der Waals surface area contributed by atoms with Crippen molar-refractivity contribution in [2.75, 3.05) is 0 Å². The van der Waals surface area contributed by atoms with Crippen LogP contribution in [0.1, 0.15) is 38.2 Å². The Morgan fingerprint density at radius 2 is 1.68 bits per heavy atom. The van der Waals surface area contributed by atoms with E-state index in [0.29, 0.717) is 10.9 Å². The zero-order valence-corrected chi connectivity index (χ0v) is 15.9. The highest BCUT2D eigenvalue weighted by Crippen LogP contribution is 2.28. The van der Waals surface area contributed by atoms with Gasteiger partial charge in [0.2, 0.25) is 0 Å². The van der Waals surface area contributed by atoms with Crippen LogP contribution in [0.25, 0.3) is 22.0 Å². The van der Waals surface area contributed by atoms with Crippen LogP contribution in [0.15, 0.2) is 42.5 Å². The number of nitro groups is 1. The van der Waals surface area contributed by atoms with E-state index in [0.717, 1.165) is 15.8 Å². The Kier molecular flexibility index (Phi) is 4.72. The second kappa shape index (κ2) is 6.88. The molecule has 0 aliphatic carbocycles. The molecule has 0 unspecified atom stereocenters. The molecule has 0 amide bonds. The molecule has 8 nitrogen and oxygen atoms in total. The summed E-state index contributed by atoms with van der Waals surface area (Å²) in [4.78, 5) is 34.9. The van der Waals surface area contributed by atoms with Crippen molar-refractivity contribution in [2.24, 2.45) is 0 Å². The first kappa shape index (κ1) is 19.2. The number of nitrogens with zero attached hydrogens (tertiary/aromatic N) is 3. The molecular formula is C20H19N3O5. The molecule has 0 saturated heterocycles. The van der Waals surface area contributed by atoms with Gasteiger partial charge in [0.25, 0.3) is 5.69 Å². The summed E-state index contributed by atoms with van der Waals surface area (Å²) >= 11 is 0. The lowest BCUT2D eigenvalue weighted by molar-refractivity contribution is -0.384. The first-order valence-electron chi connectivity index (χ1n) is 8.59. The maximum Gasteiger partial charge on any atom is 0.435 e. The predicted molar refractivity (Wildman–Crippen MR) is 103 cm³/mol. The average Bonchev–Trinajstić information content (AvgIpc) is 2.99. The zero-order chi connectivity index (χ0) is 20.6. The summed E-state index contributed by atoms with van der Waals surface area (Å²) in [6.45, 7) is 6.60. The van der Waals surface area contributed by atoms with Crippen molar-refractivity contribution in [1.29, 1.82) is 0 Å². The number of Topliss-reactive ketones (excluding diaryl/α,β-unsaturated/α-hetero) is 1. The molecule has 0 N–H and O–H groups in total. The summed E-state index contributed by atoms with van der Waals surface area (Å²) in [5, 5.41) is 15.5. The maximum absolute atomic E-state index is 12.6. The van der Waals surface area contributed by atoms with Gasteiger partial charge in [0.05, 0.1) is 10.4 Å². The van der Waals surface area contributed by atoms with E-state index in [4.69, 9.17) is 4.74 Å². The minimum atomic E-state index is -0.721. The molecule has 1 aromatic heterocycles. The molecule has 3 rings (SSSR count). The fraction of sp³-hybridized carbons (Fsp3) is 0.250. The summed E-state index contributed by atoms with van der Waals surface area (Å²) in [6.07, 6.45) is -0.689. The number of ketones is 1. The second-order valence-electron chi connectivity index (χ2n) is 7.33. The van der Waals surface area contributed by atoms with Gasteiger partial charge >= 0.3 is 6.09 Å². The van der Waals surface area contributed by atoms with Crippen LogP contribution in [0.4, 0.5) is 10.5 Å². The average molecular weight is 381 g/mol. The van der Waals surface area contributed by atoms with Crippen molar-refractivity contribution in [1.82, 2.24) is 9.78 Å². The van der Waals surface area contributed by atoms with Crippen LogP contribution in [0, 0.1) is 10.1 Å². The van der Waals surface area contributed by atoms with Gasteiger partial charge in [0, 0.05) is 24.4 Å². The third kappa shape index (κ3) is 3.75. The van der Waals surface area contributed by atoms with Crippen molar-refractivity contribution >= 4 is 28.5 Å². The molecule has 0 aliphatic heterocycles. The topological polar surface area (TPSA) is 104 Å². The second-order valence-corrected chi connectivity index (χ2v) is 7.33. The molecule has 0 bridgehead atoms. The molecule has 0 saturated carbocycles. The Morgan fingerprint density at radius 3 is 2.21 bits per heavy atom. The van der Waals surface area contributed by atoms with Crippen LogP contribution < -0.4 is 0 Å². The SMILES string of the molecule is CC(=O)c1nn(C(=O)OC(C)(C)C)c2cc(-c3ccc([N+](=O)[O-])cc3)ccc12. The van der Waals surface area contributed by atoms with Crippen LogP contribution in [0.5, 0.6) is 0 Å². The van der Waals surface area contributed by atoms with Gasteiger partial charge < -0.3 is 4.74 Å². The number of non-ortho nitro benzene ring substituents is 1. The molecule has 8 heteroatoms. The molecule has 0 spiro atoms. The van der Waals surface area contributed by atoms with Crippen molar-refractivity contribution in [3.8, 4) is 11.1 Å². The normalized spacial score (nSPS) is 11.4. The number of benzene rings is 2. The summed E-state index contributed by atoms with van der Waals surface area (Å²) < 4.78 is 6.46. The number of ether oxygens (including phenoxy) is 1. The van der Waals surface area contributed by atoms with E-state index < -0.39 is 16.6 Å². The highest BCUT2D eigenvalue weighted by atomic mass is 16.6. The molecule has 28 heavy (non-hydrogen) atoms. The van der Waals surface area contributed by atoms with E-state index in [1.54, 1.807) is 51.1 Å². The largest absolute Gasteiger partial charge is 0.442 e. The molecule has 0 fully saturated rings. The van der Waals surface area contributed by atoms with E-state index in [1.165, 1.54) is 19.1 Å². The first-order chi connectivity index (χ1) is 13.1. The standard InChI is InChI=1S/C20H19N3O5/c1-12(24)18-16-10-7-14(13-5-8-15(9-6-13)23(26)27)11-17(16)22(21-18)19(25)28-20(2,3)4/h5-11H,1-4H3. The summed E-state index contributed by atoms with van der Waals surface area (Å²) in [5.74, 6) is -0.268. The summed E-state index contributed by atoms with van der Waals surface area (Å²) in [6, 6.07) is 11.3. The molecule has 1 heterocycles. The van der Waals surface area contributed by atoms with Gasteiger partial charge in [-0.2, -0.15) is 9.78 Å². The third-order valence-electron chi connectivity index (χ3n) is 3.99. The van der Waals surface area contributed by atoms with Gasteiger partial charge in [-0.15, -0.1) is 0 Å². The lowest BCUT2D eigenvalue weighted by Crippen LogP contribution is -2.27. The lowest BCUT2D eigenvalue weighted by Gasteiger charge is -2.19. The van der Waals surface area contributed by atoms with Crippen molar-refractivity contribution in [2.45, 2.75) is 33.3 Å². The number of nitro benzene ring substituents is 1. The number of rotatable bonds is 3. The Labute approximate surface area is 160 Å². The van der Waals surface area contributed by atoms with E-state index in [2.05, 4.69) is 5.10 Å². The zero-order valence-electron chi connectivity index (χ0n) is 15.9. The number of carbonyl (C=O) groups excluding carboxylic acids is 2.